The Balaban J connectivity index is 0. The van der Waals surface area contributed by atoms with Gasteiger partial charge in [0, 0.05) is 6.42 Å². The highest BCUT2D eigenvalue weighted by molar-refractivity contribution is 4.84. The van der Waals surface area contributed by atoms with Gasteiger partial charge in [-0.25, -0.2) is 0 Å². The van der Waals surface area contributed by atoms with Crippen LogP contribution in [-0.2, 0) is 9.47 Å². The second-order valence-corrected chi connectivity index (χ2v) is 5.39. The van der Waals surface area contributed by atoms with E-state index >= 15 is 0 Å². The van der Waals surface area contributed by atoms with Crippen LogP contribution in [0.1, 0.15) is 73.6 Å². The Hall–Kier alpha value is -0.200. The maximum absolute atomic E-state index is 9.74. The zero-order chi connectivity index (χ0) is 18.3. The van der Waals surface area contributed by atoms with Crippen LogP contribution in [0.15, 0.2) is 0 Å². The molecule has 5 nitrogen and oxygen atoms in total. The van der Waals surface area contributed by atoms with Crippen LogP contribution in [0.25, 0.3) is 0 Å². The molecule has 0 bridgehead atoms. The molecule has 0 aromatic rings. The second kappa shape index (κ2) is 16.7. The van der Waals surface area contributed by atoms with Gasteiger partial charge >= 0.3 is 0 Å². The van der Waals surface area contributed by atoms with Crippen LogP contribution < -0.4 is 0 Å². The molecule has 23 heavy (non-hydrogen) atoms. The number of unbranched alkanes of at least 4 members (excludes halogenated alkanes) is 2. The molecule has 1 heterocycles. The lowest BCUT2D eigenvalue weighted by atomic mass is 10.0. The van der Waals surface area contributed by atoms with Crippen LogP contribution >= 0.6 is 0 Å². The minimum absolute atomic E-state index is 0.109. The van der Waals surface area contributed by atoms with Crippen molar-refractivity contribution < 1.29 is 24.8 Å². The topological polar surface area (TPSA) is 79.2 Å². The summed E-state index contributed by atoms with van der Waals surface area (Å²) in [6.45, 7) is 11.8. The molecule has 1 aliphatic heterocycles. The van der Waals surface area contributed by atoms with Crippen LogP contribution in [-0.4, -0.2) is 59.1 Å². The predicted octanol–water partition coefficient (Wildman–Crippen LogP) is 2.90. The fourth-order valence-corrected chi connectivity index (χ4v) is 2.35. The van der Waals surface area contributed by atoms with E-state index in [0.717, 1.165) is 25.7 Å². The monoisotopic (exact) mass is 336 g/mol. The number of hydrogen-bond donors (Lipinski definition) is 3. The zero-order valence-electron chi connectivity index (χ0n) is 16.0. The van der Waals surface area contributed by atoms with Gasteiger partial charge in [0.15, 0.2) is 0 Å². The predicted molar refractivity (Wildman–Crippen MR) is 94.6 cm³/mol. The molecule has 0 spiro atoms. The summed E-state index contributed by atoms with van der Waals surface area (Å²) in [6, 6.07) is 0. The molecule has 5 atom stereocenters. The fraction of sp³-hybridized carbons (Fsp3) is 1.00. The molecule has 0 radical (unpaired) electrons. The fourth-order valence-electron chi connectivity index (χ4n) is 2.35. The van der Waals surface area contributed by atoms with E-state index in [1.54, 1.807) is 0 Å². The quantitative estimate of drug-likeness (QED) is 0.564. The van der Waals surface area contributed by atoms with Gasteiger partial charge in [0.2, 0.25) is 0 Å². The van der Waals surface area contributed by atoms with Crippen molar-refractivity contribution in [2.45, 2.75) is 104 Å². The highest BCUT2D eigenvalue weighted by atomic mass is 16.6. The van der Waals surface area contributed by atoms with E-state index in [1.807, 2.05) is 34.6 Å². The zero-order valence-corrected chi connectivity index (χ0v) is 16.0. The third kappa shape index (κ3) is 11.1. The number of ether oxygens (including phenoxy) is 2. The van der Waals surface area contributed by atoms with Gasteiger partial charge in [-0.15, -0.1) is 0 Å². The minimum Gasteiger partial charge on any atom is -0.394 e. The first-order valence-electron chi connectivity index (χ1n) is 9.32. The van der Waals surface area contributed by atoms with Crippen molar-refractivity contribution >= 4 is 0 Å². The molecule has 0 saturated carbocycles. The summed E-state index contributed by atoms with van der Waals surface area (Å²) in [6.07, 6.45) is 3.06. The third-order valence-corrected chi connectivity index (χ3v) is 3.63. The Morgan fingerprint density at radius 2 is 1.78 bits per heavy atom. The molecule has 5 heteroatoms. The number of hydrogen-bond acceptors (Lipinski definition) is 5. The summed E-state index contributed by atoms with van der Waals surface area (Å²) in [7, 11) is 0. The summed E-state index contributed by atoms with van der Waals surface area (Å²) in [5, 5.41) is 27.9. The molecule has 0 aromatic heterocycles. The lowest BCUT2D eigenvalue weighted by Crippen LogP contribution is -2.33. The smallest absolute Gasteiger partial charge is 0.100 e. The summed E-state index contributed by atoms with van der Waals surface area (Å²) >= 11 is 0. The summed E-state index contributed by atoms with van der Waals surface area (Å²) < 4.78 is 11.4. The van der Waals surface area contributed by atoms with Gasteiger partial charge in [-0.1, -0.05) is 53.9 Å². The molecule has 142 valence electrons. The van der Waals surface area contributed by atoms with E-state index in [-0.39, 0.29) is 31.5 Å². The first-order chi connectivity index (χ1) is 11.1. The van der Waals surface area contributed by atoms with E-state index in [2.05, 4.69) is 6.92 Å². The van der Waals surface area contributed by atoms with Gasteiger partial charge in [-0.05, 0) is 13.3 Å². The summed E-state index contributed by atoms with van der Waals surface area (Å²) in [4.78, 5) is 0. The Bertz CT molecular complexity index is 227. The minimum atomic E-state index is -0.850. The highest BCUT2D eigenvalue weighted by Gasteiger charge is 2.36. The molecular weight excluding hydrogens is 296 g/mol. The number of aliphatic hydroxyl groups excluding tert-OH is 3. The number of rotatable bonds is 9. The first-order valence-corrected chi connectivity index (χ1v) is 9.32. The van der Waals surface area contributed by atoms with Gasteiger partial charge < -0.3 is 24.8 Å². The van der Waals surface area contributed by atoms with Crippen LogP contribution in [0.3, 0.4) is 0 Å². The van der Waals surface area contributed by atoms with Crippen molar-refractivity contribution in [1.82, 2.24) is 0 Å². The Labute approximate surface area is 143 Å². The molecule has 1 fully saturated rings. The van der Waals surface area contributed by atoms with E-state index in [0.29, 0.717) is 6.42 Å². The molecule has 1 rings (SSSR count). The first kappa shape index (κ1) is 25.0. The van der Waals surface area contributed by atoms with E-state index in [9.17, 15) is 10.2 Å². The van der Waals surface area contributed by atoms with Crippen LogP contribution in [0.2, 0.25) is 0 Å². The third-order valence-electron chi connectivity index (χ3n) is 3.63. The van der Waals surface area contributed by atoms with Crippen molar-refractivity contribution in [2.24, 2.45) is 0 Å². The SMILES string of the molecule is CC.CC.CCCCCC(OCC(O)CO)C1CC(O)C(C)O1. The summed E-state index contributed by atoms with van der Waals surface area (Å²) in [5.41, 5.74) is 0. The molecule has 1 aliphatic rings. The Kier molecular flexibility index (Phi) is 18.1. The maximum Gasteiger partial charge on any atom is 0.100 e. The van der Waals surface area contributed by atoms with Crippen molar-refractivity contribution in [3.8, 4) is 0 Å². The molecule has 0 amide bonds. The molecule has 0 aromatic carbocycles. The maximum atomic E-state index is 9.74. The average molecular weight is 337 g/mol. The number of aliphatic hydroxyl groups is 3. The van der Waals surface area contributed by atoms with Gasteiger partial charge in [-0.2, -0.15) is 0 Å². The van der Waals surface area contributed by atoms with Crippen LogP contribution in [0, 0.1) is 0 Å². The Morgan fingerprint density at radius 1 is 1.17 bits per heavy atom. The average Bonchev–Trinajstić information content (AvgIpc) is 2.93. The molecular formula is C18H40O5. The van der Waals surface area contributed by atoms with Gasteiger partial charge in [0.05, 0.1) is 37.6 Å². The molecule has 1 saturated heterocycles. The largest absolute Gasteiger partial charge is 0.394 e. The normalized spacial score (nSPS) is 25.7. The van der Waals surface area contributed by atoms with E-state index in [4.69, 9.17) is 14.6 Å². The van der Waals surface area contributed by atoms with Gasteiger partial charge in [0.1, 0.15) is 6.10 Å². The standard InChI is InChI=1S/C14H28O5.2C2H6/c1-3-4-5-6-13(18-9-11(16)8-15)14-7-12(17)10(2)19-14;2*1-2/h10-17H,3-9H2,1-2H3;2*1-2H3. The van der Waals surface area contributed by atoms with E-state index < -0.39 is 12.2 Å². The van der Waals surface area contributed by atoms with Gasteiger partial charge in [0.25, 0.3) is 0 Å². The molecule has 5 unspecified atom stereocenters. The summed E-state index contributed by atoms with van der Waals surface area (Å²) in [5.74, 6) is 0. The van der Waals surface area contributed by atoms with Crippen molar-refractivity contribution in [3.63, 3.8) is 0 Å². The lowest BCUT2D eigenvalue weighted by molar-refractivity contribution is -0.0961. The van der Waals surface area contributed by atoms with Crippen LogP contribution in [0.4, 0.5) is 0 Å². The van der Waals surface area contributed by atoms with Crippen molar-refractivity contribution in [2.75, 3.05) is 13.2 Å². The molecule has 0 aliphatic carbocycles. The van der Waals surface area contributed by atoms with Crippen molar-refractivity contribution in [1.29, 1.82) is 0 Å². The lowest BCUT2D eigenvalue weighted by Gasteiger charge is -2.24. The second-order valence-electron chi connectivity index (χ2n) is 5.39. The highest BCUT2D eigenvalue weighted by Crippen LogP contribution is 2.26. The Morgan fingerprint density at radius 3 is 2.22 bits per heavy atom. The van der Waals surface area contributed by atoms with Crippen LogP contribution in [0.5, 0.6) is 0 Å². The molecule has 3 N–H and O–H groups in total. The van der Waals surface area contributed by atoms with E-state index in [1.165, 1.54) is 0 Å². The van der Waals surface area contributed by atoms with Crippen molar-refractivity contribution in [3.05, 3.63) is 0 Å². The van der Waals surface area contributed by atoms with Gasteiger partial charge in [-0.3, -0.25) is 0 Å².